The molecule has 1 heterocycles. The lowest BCUT2D eigenvalue weighted by atomic mass is 10.2. The summed E-state index contributed by atoms with van der Waals surface area (Å²) in [5.41, 5.74) is 2.40. The lowest BCUT2D eigenvalue weighted by Gasteiger charge is -2.22. The molecule has 0 unspecified atom stereocenters. The first-order valence-electron chi connectivity index (χ1n) is 6.08. The number of aryl methyl sites for hydroxylation is 1. The molecule has 18 heavy (non-hydrogen) atoms. The zero-order valence-electron chi connectivity index (χ0n) is 11.0. The number of benzene rings is 1. The smallest absolute Gasteiger partial charge is 0.138 e. The monoisotopic (exact) mass is 242 g/mol. The van der Waals surface area contributed by atoms with Gasteiger partial charge in [-0.3, -0.25) is 0 Å². The van der Waals surface area contributed by atoms with E-state index < -0.39 is 0 Å². The number of hydrogen-bond donors (Lipinski definition) is 1. The third kappa shape index (κ3) is 2.59. The van der Waals surface area contributed by atoms with Crippen molar-refractivity contribution in [1.29, 1.82) is 0 Å². The second kappa shape index (κ2) is 5.49. The van der Waals surface area contributed by atoms with Gasteiger partial charge in [-0.1, -0.05) is 12.1 Å². The van der Waals surface area contributed by atoms with Gasteiger partial charge in [0, 0.05) is 25.3 Å². The van der Waals surface area contributed by atoms with Gasteiger partial charge in [0.2, 0.25) is 0 Å². The molecule has 94 valence electrons. The minimum absolute atomic E-state index is 0.825. The van der Waals surface area contributed by atoms with E-state index in [4.69, 9.17) is 0 Å². The molecular weight excluding hydrogens is 224 g/mol. The summed E-state index contributed by atoms with van der Waals surface area (Å²) in [6, 6.07) is 10.4. The van der Waals surface area contributed by atoms with E-state index in [0.29, 0.717) is 0 Å². The van der Waals surface area contributed by atoms with E-state index in [-0.39, 0.29) is 0 Å². The van der Waals surface area contributed by atoms with Gasteiger partial charge in [-0.25, -0.2) is 9.97 Å². The Bertz CT molecular complexity index is 525. The van der Waals surface area contributed by atoms with Crippen LogP contribution in [0.1, 0.15) is 12.5 Å². The molecule has 2 aromatic rings. The standard InChI is InChI=1S/C14H18N4/c1-4-18(12-7-5-6-11(2)8-12)14-9-13(15-3)16-10-17-14/h5-10H,4H2,1-3H3,(H,15,16,17). The van der Waals surface area contributed by atoms with Crippen molar-refractivity contribution in [3.05, 3.63) is 42.2 Å². The average Bonchev–Trinajstić information content (AvgIpc) is 2.40. The number of nitrogens with zero attached hydrogens (tertiary/aromatic N) is 3. The highest BCUT2D eigenvalue weighted by molar-refractivity contribution is 5.62. The molecule has 0 saturated carbocycles. The summed E-state index contributed by atoms with van der Waals surface area (Å²) in [6.07, 6.45) is 1.58. The van der Waals surface area contributed by atoms with Crippen LogP contribution < -0.4 is 10.2 Å². The fourth-order valence-electron chi connectivity index (χ4n) is 1.90. The van der Waals surface area contributed by atoms with E-state index in [2.05, 4.69) is 58.3 Å². The lowest BCUT2D eigenvalue weighted by molar-refractivity contribution is 0.975. The van der Waals surface area contributed by atoms with E-state index in [1.165, 1.54) is 5.56 Å². The van der Waals surface area contributed by atoms with Crippen molar-refractivity contribution < 1.29 is 0 Å². The molecule has 1 aromatic carbocycles. The highest BCUT2D eigenvalue weighted by Gasteiger charge is 2.09. The number of nitrogens with one attached hydrogen (secondary N) is 1. The Balaban J connectivity index is 2.38. The molecule has 0 bridgehead atoms. The van der Waals surface area contributed by atoms with Gasteiger partial charge in [-0.2, -0.15) is 0 Å². The molecule has 0 fully saturated rings. The van der Waals surface area contributed by atoms with E-state index in [0.717, 1.165) is 23.9 Å². The molecule has 2 rings (SSSR count). The second-order valence-corrected chi connectivity index (χ2v) is 4.09. The molecule has 0 saturated heterocycles. The van der Waals surface area contributed by atoms with Crippen molar-refractivity contribution in [2.75, 3.05) is 23.8 Å². The van der Waals surface area contributed by atoms with Crippen molar-refractivity contribution in [3.8, 4) is 0 Å². The van der Waals surface area contributed by atoms with Gasteiger partial charge in [-0.05, 0) is 31.5 Å². The molecular formula is C14H18N4. The largest absolute Gasteiger partial charge is 0.373 e. The Morgan fingerprint density at radius 1 is 1.22 bits per heavy atom. The SMILES string of the molecule is CCN(c1cccc(C)c1)c1cc(NC)ncn1. The van der Waals surface area contributed by atoms with Crippen molar-refractivity contribution in [3.63, 3.8) is 0 Å². The molecule has 0 atom stereocenters. The highest BCUT2D eigenvalue weighted by atomic mass is 15.2. The minimum atomic E-state index is 0.825. The van der Waals surface area contributed by atoms with Crippen molar-refractivity contribution in [2.45, 2.75) is 13.8 Å². The fraction of sp³-hybridized carbons (Fsp3) is 0.286. The van der Waals surface area contributed by atoms with E-state index in [9.17, 15) is 0 Å². The Morgan fingerprint density at radius 2 is 2.06 bits per heavy atom. The van der Waals surface area contributed by atoms with E-state index >= 15 is 0 Å². The normalized spacial score (nSPS) is 10.2. The van der Waals surface area contributed by atoms with Gasteiger partial charge < -0.3 is 10.2 Å². The van der Waals surface area contributed by atoms with Crippen LogP contribution in [0.4, 0.5) is 17.3 Å². The van der Waals surface area contributed by atoms with Crippen LogP contribution in [0.15, 0.2) is 36.7 Å². The summed E-state index contributed by atoms with van der Waals surface area (Å²) >= 11 is 0. The summed E-state index contributed by atoms with van der Waals surface area (Å²) in [4.78, 5) is 10.6. The quantitative estimate of drug-likeness (QED) is 0.895. The van der Waals surface area contributed by atoms with E-state index in [1.54, 1.807) is 6.33 Å². The van der Waals surface area contributed by atoms with Gasteiger partial charge in [0.1, 0.15) is 18.0 Å². The van der Waals surface area contributed by atoms with Gasteiger partial charge in [0.25, 0.3) is 0 Å². The molecule has 1 aromatic heterocycles. The molecule has 1 N–H and O–H groups in total. The second-order valence-electron chi connectivity index (χ2n) is 4.09. The summed E-state index contributed by atoms with van der Waals surface area (Å²) in [5.74, 6) is 1.73. The third-order valence-electron chi connectivity index (χ3n) is 2.81. The zero-order chi connectivity index (χ0) is 13.0. The summed E-state index contributed by atoms with van der Waals surface area (Å²) < 4.78 is 0. The van der Waals surface area contributed by atoms with Crippen LogP contribution in [-0.4, -0.2) is 23.6 Å². The molecule has 0 aliphatic heterocycles. The van der Waals surface area contributed by atoms with Crippen LogP contribution in [0.25, 0.3) is 0 Å². The average molecular weight is 242 g/mol. The Kier molecular flexibility index (Phi) is 3.77. The molecule has 0 aliphatic rings. The summed E-state index contributed by atoms with van der Waals surface area (Å²) in [6.45, 7) is 5.07. The maximum Gasteiger partial charge on any atom is 0.138 e. The van der Waals surface area contributed by atoms with Crippen LogP contribution in [0.2, 0.25) is 0 Å². The lowest BCUT2D eigenvalue weighted by Crippen LogP contribution is -2.17. The zero-order valence-corrected chi connectivity index (χ0v) is 11.0. The first-order chi connectivity index (χ1) is 8.74. The third-order valence-corrected chi connectivity index (χ3v) is 2.81. The predicted octanol–water partition coefficient (Wildman–Crippen LogP) is 2.98. The minimum Gasteiger partial charge on any atom is -0.373 e. The molecule has 0 spiro atoms. The van der Waals surface area contributed by atoms with Gasteiger partial charge >= 0.3 is 0 Å². The van der Waals surface area contributed by atoms with Crippen LogP contribution in [0, 0.1) is 6.92 Å². The van der Waals surface area contributed by atoms with Gasteiger partial charge in [0.15, 0.2) is 0 Å². The van der Waals surface area contributed by atoms with Gasteiger partial charge in [-0.15, -0.1) is 0 Å². The maximum atomic E-state index is 4.34. The molecule has 0 radical (unpaired) electrons. The fourth-order valence-corrected chi connectivity index (χ4v) is 1.90. The number of hydrogen-bond acceptors (Lipinski definition) is 4. The highest BCUT2D eigenvalue weighted by Crippen LogP contribution is 2.24. The summed E-state index contributed by atoms with van der Waals surface area (Å²) in [7, 11) is 1.86. The predicted molar refractivity (Wildman–Crippen MR) is 75.4 cm³/mol. The van der Waals surface area contributed by atoms with Crippen LogP contribution in [0.5, 0.6) is 0 Å². The Labute approximate surface area is 108 Å². The topological polar surface area (TPSA) is 41.0 Å². The van der Waals surface area contributed by atoms with Crippen LogP contribution >= 0.6 is 0 Å². The van der Waals surface area contributed by atoms with Crippen LogP contribution in [0.3, 0.4) is 0 Å². The number of rotatable bonds is 4. The van der Waals surface area contributed by atoms with Gasteiger partial charge in [0.05, 0.1) is 0 Å². The van der Waals surface area contributed by atoms with Crippen LogP contribution in [-0.2, 0) is 0 Å². The molecule has 0 aliphatic carbocycles. The summed E-state index contributed by atoms with van der Waals surface area (Å²) in [5, 5.41) is 3.03. The van der Waals surface area contributed by atoms with E-state index in [1.807, 2.05) is 13.1 Å². The molecule has 0 amide bonds. The van der Waals surface area contributed by atoms with Crippen molar-refractivity contribution in [2.24, 2.45) is 0 Å². The first-order valence-corrected chi connectivity index (χ1v) is 6.08. The number of anilines is 3. The Morgan fingerprint density at radius 3 is 2.72 bits per heavy atom. The molecule has 4 heteroatoms. The first kappa shape index (κ1) is 12.4. The maximum absolute atomic E-state index is 4.34. The Hall–Kier alpha value is -2.10. The van der Waals surface area contributed by atoms with Crippen molar-refractivity contribution >= 4 is 17.3 Å². The number of aromatic nitrogens is 2. The van der Waals surface area contributed by atoms with Crippen molar-refractivity contribution in [1.82, 2.24) is 9.97 Å². The molecule has 4 nitrogen and oxygen atoms in total.